The Morgan fingerprint density at radius 1 is 0.929 bits per heavy atom. The van der Waals surface area contributed by atoms with Crippen molar-refractivity contribution in [3.8, 4) is 0 Å². The van der Waals surface area contributed by atoms with Gasteiger partial charge in [0, 0.05) is 19.6 Å². The van der Waals surface area contributed by atoms with Gasteiger partial charge in [0.1, 0.15) is 0 Å². The molecule has 0 saturated carbocycles. The number of aliphatic hydroxyl groups is 1. The molecule has 1 N–H and O–H groups in total. The maximum atomic E-state index is 9.24. The lowest BCUT2D eigenvalue weighted by molar-refractivity contribution is 0.143. The number of hydrogen-bond acceptors (Lipinski definition) is 2. The normalized spacial score (nSPS) is 14.4. The monoisotopic (exact) mass is 201 g/mol. The lowest BCUT2D eigenvalue weighted by Gasteiger charge is -2.26. The molecule has 0 saturated heterocycles. The SMILES string of the molecule is CC(C)CN(CCC(C)O)CC(C)C. The Hall–Kier alpha value is -0.0800. The molecule has 2 nitrogen and oxygen atoms in total. The predicted molar refractivity (Wildman–Crippen MR) is 62.4 cm³/mol. The molecule has 0 aromatic heterocycles. The van der Waals surface area contributed by atoms with Crippen LogP contribution in [0.1, 0.15) is 41.0 Å². The van der Waals surface area contributed by atoms with E-state index in [2.05, 4.69) is 32.6 Å². The molecule has 14 heavy (non-hydrogen) atoms. The molecule has 2 heteroatoms. The van der Waals surface area contributed by atoms with Crippen LogP contribution in [-0.4, -0.2) is 35.7 Å². The minimum atomic E-state index is -0.170. The molecule has 0 radical (unpaired) electrons. The van der Waals surface area contributed by atoms with E-state index < -0.39 is 0 Å². The van der Waals surface area contributed by atoms with Crippen LogP contribution in [0.3, 0.4) is 0 Å². The van der Waals surface area contributed by atoms with Crippen molar-refractivity contribution in [3.05, 3.63) is 0 Å². The summed E-state index contributed by atoms with van der Waals surface area (Å²) in [6, 6.07) is 0. The minimum Gasteiger partial charge on any atom is -0.393 e. The summed E-state index contributed by atoms with van der Waals surface area (Å²) >= 11 is 0. The van der Waals surface area contributed by atoms with Crippen molar-refractivity contribution in [2.75, 3.05) is 19.6 Å². The van der Waals surface area contributed by atoms with E-state index in [1.54, 1.807) is 0 Å². The molecule has 0 amide bonds. The van der Waals surface area contributed by atoms with E-state index in [0.717, 1.165) is 26.1 Å². The van der Waals surface area contributed by atoms with Crippen LogP contribution in [0.5, 0.6) is 0 Å². The number of hydrogen-bond donors (Lipinski definition) is 1. The van der Waals surface area contributed by atoms with Gasteiger partial charge in [-0.1, -0.05) is 27.7 Å². The molecule has 0 spiro atoms. The highest BCUT2D eigenvalue weighted by Crippen LogP contribution is 2.05. The molecule has 1 atom stereocenters. The molecule has 0 heterocycles. The molecule has 0 aliphatic rings. The molecule has 0 aromatic rings. The van der Waals surface area contributed by atoms with Crippen LogP contribution >= 0.6 is 0 Å². The summed E-state index contributed by atoms with van der Waals surface area (Å²) in [6.07, 6.45) is 0.719. The standard InChI is InChI=1S/C12H27NO/c1-10(2)8-13(9-11(3)4)7-6-12(5)14/h10-12,14H,6-9H2,1-5H3. The van der Waals surface area contributed by atoms with Crippen LogP contribution in [0.15, 0.2) is 0 Å². The van der Waals surface area contributed by atoms with Crippen molar-refractivity contribution in [3.63, 3.8) is 0 Å². The van der Waals surface area contributed by atoms with Crippen molar-refractivity contribution in [2.45, 2.75) is 47.1 Å². The van der Waals surface area contributed by atoms with Crippen LogP contribution in [0.2, 0.25) is 0 Å². The van der Waals surface area contributed by atoms with Crippen molar-refractivity contribution in [1.29, 1.82) is 0 Å². The third-order valence-corrected chi connectivity index (χ3v) is 2.11. The van der Waals surface area contributed by atoms with E-state index in [1.165, 1.54) is 0 Å². The molecule has 0 aromatic carbocycles. The first-order valence-corrected chi connectivity index (χ1v) is 5.82. The van der Waals surface area contributed by atoms with Gasteiger partial charge in [0.2, 0.25) is 0 Å². The molecule has 0 bridgehead atoms. The molecular formula is C12H27NO. The summed E-state index contributed by atoms with van der Waals surface area (Å²) in [6.45, 7) is 14.2. The van der Waals surface area contributed by atoms with Gasteiger partial charge in [-0.2, -0.15) is 0 Å². The Balaban J connectivity index is 3.84. The maximum Gasteiger partial charge on any atom is 0.0524 e. The average molecular weight is 201 g/mol. The van der Waals surface area contributed by atoms with Gasteiger partial charge in [-0.05, 0) is 25.2 Å². The fraction of sp³-hybridized carbons (Fsp3) is 1.00. The summed E-state index contributed by atoms with van der Waals surface area (Å²) in [7, 11) is 0. The summed E-state index contributed by atoms with van der Waals surface area (Å²) in [5, 5.41) is 9.24. The quantitative estimate of drug-likeness (QED) is 0.683. The molecule has 0 rings (SSSR count). The Morgan fingerprint density at radius 2 is 1.36 bits per heavy atom. The van der Waals surface area contributed by atoms with E-state index >= 15 is 0 Å². The first-order valence-electron chi connectivity index (χ1n) is 5.82. The van der Waals surface area contributed by atoms with Crippen LogP contribution < -0.4 is 0 Å². The van der Waals surface area contributed by atoms with E-state index in [4.69, 9.17) is 0 Å². The van der Waals surface area contributed by atoms with E-state index in [1.807, 2.05) is 6.92 Å². The summed E-state index contributed by atoms with van der Waals surface area (Å²) in [4.78, 5) is 2.46. The van der Waals surface area contributed by atoms with Gasteiger partial charge in [0.05, 0.1) is 6.10 Å². The largest absolute Gasteiger partial charge is 0.393 e. The first kappa shape index (κ1) is 13.9. The van der Waals surface area contributed by atoms with Crippen LogP contribution in [0.4, 0.5) is 0 Å². The van der Waals surface area contributed by atoms with Crippen molar-refractivity contribution in [1.82, 2.24) is 4.90 Å². The van der Waals surface area contributed by atoms with Gasteiger partial charge in [-0.25, -0.2) is 0 Å². The fourth-order valence-corrected chi connectivity index (χ4v) is 1.66. The third kappa shape index (κ3) is 8.52. The maximum absolute atomic E-state index is 9.24. The molecule has 0 fully saturated rings. The van der Waals surface area contributed by atoms with Gasteiger partial charge in [-0.3, -0.25) is 0 Å². The average Bonchev–Trinajstić information content (AvgIpc) is 1.97. The van der Waals surface area contributed by atoms with Crippen molar-refractivity contribution in [2.24, 2.45) is 11.8 Å². The number of aliphatic hydroxyl groups excluding tert-OH is 1. The van der Waals surface area contributed by atoms with E-state index in [0.29, 0.717) is 11.8 Å². The molecule has 86 valence electrons. The fourth-order valence-electron chi connectivity index (χ4n) is 1.66. The molecule has 0 aliphatic carbocycles. The van der Waals surface area contributed by atoms with Crippen molar-refractivity contribution < 1.29 is 5.11 Å². The first-order chi connectivity index (χ1) is 6.41. The van der Waals surface area contributed by atoms with Crippen molar-refractivity contribution >= 4 is 0 Å². The lowest BCUT2D eigenvalue weighted by atomic mass is 10.1. The number of rotatable bonds is 7. The second-order valence-corrected chi connectivity index (χ2v) is 5.18. The Kier molecular flexibility index (Phi) is 7.20. The summed E-state index contributed by atoms with van der Waals surface area (Å²) < 4.78 is 0. The zero-order chi connectivity index (χ0) is 11.1. The smallest absolute Gasteiger partial charge is 0.0524 e. The minimum absolute atomic E-state index is 0.170. The van der Waals surface area contributed by atoms with E-state index in [9.17, 15) is 5.11 Å². The summed E-state index contributed by atoms with van der Waals surface area (Å²) in [5.41, 5.74) is 0. The number of nitrogens with zero attached hydrogens (tertiary/aromatic N) is 1. The second kappa shape index (κ2) is 7.24. The van der Waals surface area contributed by atoms with Gasteiger partial charge in [0.15, 0.2) is 0 Å². The van der Waals surface area contributed by atoms with Crippen LogP contribution in [0.25, 0.3) is 0 Å². The van der Waals surface area contributed by atoms with Gasteiger partial charge in [0.25, 0.3) is 0 Å². The highest BCUT2D eigenvalue weighted by atomic mass is 16.3. The van der Waals surface area contributed by atoms with Crippen LogP contribution in [0, 0.1) is 11.8 Å². The van der Waals surface area contributed by atoms with E-state index in [-0.39, 0.29) is 6.10 Å². The predicted octanol–water partition coefficient (Wildman–Crippen LogP) is 2.37. The van der Waals surface area contributed by atoms with Crippen LogP contribution in [-0.2, 0) is 0 Å². The summed E-state index contributed by atoms with van der Waals surface area (Å²) in [5.74, 6) is 1.42. The lowest BCUT2D eigenvalue weighted by Crippen LogP contribution is -2.33. The molecular weight excluding hydrogens is 174 g/mol. The third-order valence-electron chi connectivity index (χ3n) is 2.11. The highest BCUT2D eigenvalue weighted by molar-refractivity contribution is 4.63. The van der Waals surface area contributed by atoms with Gasteiger partial charge < -0.3 is 10.0 Å². The van der Waals surface area contributed by atoms with Gasteiger partial charge in [-0.15, -0.1) is 0 Å². The topological polar surface area (TPSA) is 23.5 Å². The molecule has 1 unspecified atom stereocenters. The highest BCUT2D eigenvalue weighted by Gasteiger charge is 2.09. The van der Waals surface area contributed by atoms with Gasteiger partial charge >= 0.3 is 0 Å². The zero-order valence-electron chi connectivity index (χ0n) is 10.5. The Labute approximate surface area is 89.3 Å². The second-order valence-electron chi connectivity index (χ2n) is 5.18. The Morgan fingerprint density at radius 3 is 1.64 bits per heavy atom. The molecule has 0 aliphatic heterocycles. The zero-order valence-corrected chi connectivity index (χ0v) is 10.5. The Bertz CT molecular complexity index is 122.